The largest absolute Gasteiger partial charge is 0.306 e. The summed E-state index contributed by atoms with van der Waals surface area (Å²) >= 11 is 6.37. The van der Waals surface area contributed by atoms with Gasteiger partial charge in [0.2, 0.25) is 0 Å². The number of nitrogens with one attached hydrogen (secondary N) is 1. The number of halogens is 1. The first-order valence-electron chi connectivity index (χ1n) is 7.27. The van der Waals surface area contributed by atoms with Gasteiger partial charge in [-0.25, -0.2) is 0 Å². The Labute approximate surface area is 131 Å². The molecule has 0 aliphatic rings. The molecule has 116 valence electrons. The van der Waals surface area contributed by atoms with Gasteiger partial charge in [0.05, 0.1) is 28.6 Å². The minimum atomic E-state index is 0.0884. The molecule has 0 saturated heterocycles. The van der Waals surface area contributed by atoms with Gasteiger partial charge in [0.15, 0.2) is 0 Å². The summed E-state index contributed by atoms with van der Waals surface area (Å²) in [6.45, 7) is 9.89. The second kappa shape index (κ2) is 6.20. The summed E-state index contributed by atoms with van der Waals surface area (Å²) in [6, 6.07) is 2.03. The van der Waals surface area contributed by atoms with Gasteiger partial charge in [-0.1, -0.05) is 18.5 Å². The van der Waals surface area contributed by atoms with Crippen LogP contribution < -0.4 is 5.32 Å². The normalized spacial score (nSPS) is 12.1. The Balaban J connectivity index is 2.08. The maximum Gasteiger partial charge on any atom is 0.0869 e. The molecule has 6 heteroatoms. The Morgan fingerprint density at radius 3 is 2.57 bits per heavy atom. The molecule has 0 amide bonds. The van der Waals surface area contributed by atoms with Crippen molar-refractivity contribution < 1.29 is 0 Å². The van der Waals surface area contributed by atoms with Crippen molar-refractivity contribution in [2.45, 2.75) is 52.7 Å². The fourth-order valence-electron chi connectivity index (χ4n) is 2.09. The lowest BCUT2D eigenvalue weighted by atomic mass is 10.1. The third-order valence-corrected chi connectivity index (χ3v) is 3.75. The number of hydrogen-bond donors (Lipinski definition) is 1. The van der Waals surface area contributed by atoms with Crippen LogP contribution in [0.2, 0.25) is 5.02 Å². The van der Waals surface area contributed by atoms with Crippen LogP contribution in [-0.2, 0) is 26.6 Å². The monoisotopic (exact) mass is 309 g/mol. The molecule has 0 saturated carbocycles. The van der Waals surface area contributed by atoms with Crippen LogP contribution in [-0.4, -0.2) is 25.1 Å². The van der Waals surface area contributed by atoms with E-state index in [2.05, 4.69) is 43.2 Å². The molecule has 0 radical (unpaired) electrons. The molecule has 2 rings (SSSR count). The fraction of sp³-hybridized carbons (Fsp3) is 0.600. The van der Waals surface area contributed by atoms with Crippen LogP contribution in [0, 0.1) is 0 Å². The van der Waals surface area contributed by atoms with E-state index in [0.717, 1.165) is 35.1 Å². The van der Waals surface area contributed by atoms with E-state index in [1.807, 2.05) is 28.7 Å². The van der Waals surface area contributed by atoms with Gasteiger partial charge in [-0.05, 0) is 33.3 Å². The maximum absolute atomic E-state index is 6.37. The molecule has 2 aromatic rings. The first kappa shape index (κ1) is 16.0. The lowest BCUT2D eigenvalue weighted by molar-refractivity contribution is 0.419. The van der Waals surface area contributed by atoms with E-state index in [1.54, 1.807) is 0 Å². The van der Waals surface area contributed by atoms with Crippen molar-refractivity contribution in [2.24, 2.45) is 7.05 Å². The number of aromatic nitrogens is 4. The van der Waals surface area contributed by atoms with Crippen molar-refractivity contribution in [3.05, 3.63) is 34.4 Å². The standard InChI is InChI=1S/C15H24ClN5/c1-6-12-14(16)13(20(5)19-12)10-21-8-7-11(18-21)9-17-15(2,3)4/h7-8,17H,6,9-10H2,1-5H3. The van der Waals surface area contributed by atoms with Gasteiger partial charge >= 0.3 is 0 Å². The number of rotatable bonds is 5. The molecule has 0 fully saturated rings. The zero-order valence-electron chi connectivity index (χ0n) is 13.4. The first-order chi connectivity index (χ1) is 9.80. The first-order valence-corrected chi connectivity index (χ1v) is 7.65. The van der Waals surface area contributed by atoms with Crippen LogP contribution in [0.3, 0.4) is 0 Å². The van der Waals surface area contributed by atoms with Crippen LogP contribution in [0.5, 0.6) is 0 Å². The van der Waals surface area contributed by atoms with Crippen LogP contribution in [0.25, 0.3) is 0 Å². The van der Waals surface area contributed by atoms with E-state index >= 15 is 0 Å². The highest BCUT2D eigenvalue weighted by atomic mass is 35.5. The van der Waals surface area contributed by atoms with Crippen LogP contribution >= 0.6 is 11.6 Å². The average molecular weight is 310 g/mol. The van der Waals surface area contributed by atoms with Gasteiger partial charge in [0.1, 0.15) is 0 Å². The van der Waals surface area contributed by atoms with Gasteiger partial charge in [-0.3, -0.25) is 9.36 Å². The van der Waals surface area contributed by atoms with Gasteiger partial charge in [0.25, 0.3) is 0 Å². The highest BCUT2D eigenvalue weighted by Gasteiger charge is 2.14. The third-order valence-electron chi connectivity index (χ3n) is 3.31. The van der Waals surface area contributed by atoms with Gasteiger partial charge < -0.3 is 5.32 Å². The van der Waals surface area contributed by atoms with E-state index in [1.165, 1.54) is 0 Å². The average Bonchev–Trinajstić information content (AvgIpc) is 2.95. The second-order valence-corrected chi connectivity index (χ2v) is 6.67. The number of hydrogen-bond acceptors (Lipinski definition) is 3. The van der Waals surface area contributed by atoms with Crippen molar-refractivity contribution in [3.63, 3.8) is 0 Å². The van der Waals surface area contributed by atoms with Crippen LogP contribution in [0.15, 0.2) is 12.3 Å². The Morgan fingerprint density at radius 1 is 1.29 bits per heavy atom. The highest BCUT2D eigenvalue weighted by molar-refractivity contribution is 6.31. The number of aryl methyl sites for hydroxylation is 2. The summed E-state index contributed by atoms with van der Waals surface area (Å²) < 4.78 is 3.75. The summed E-state index contributed by atoms with van der Waals surface area (Å²) in [5.41, 5.74) is 3.05. The summed E-state index contributed by atoms with van der Waals surface area (Å²) in [4.78, 5) is 0. The van der Waals surface area contributed by atoms with E-state index in [4.69, 9.17) is 11.6 Å². The van der Waals surface area contributed by atoms with E-state index in [-0.39, 0.29) is 5.54 Å². The molecule has 0 spiro atoms. The SMILES string of the molecule is CCc1nn(C)c(Cn2ccc(CNC(C)(C)C)n2)c1Cl. The van der Waals surface area contributed by atoms with Crippen molar-refractivity contribution >= 4 is 11.6 Å². The molecule has 0 aliphatic heterocycles. The molecular formula is C15H24ClN5. The van der Waals surface area contributed by atoms with Gasteiger partial charge in [-0.2, -0.15) is 10.2 Å². The van der Waals surface area contributed by atoms with Crippen molar-refractivity contribution in [2.75, 3.05) is 0 Å². The molecule has 2 aromatic heterocycles. The fourth-order valence-corrected chi connectivity index (χ4v) is 2.44. The van der Waals surface area contributed by atoms with E-state index in [9.17, 15) is 0 Å². The zero-order valence-corrected chi connectivity index (χ0v) is 14.2. The molecule has 0 unspecified atom stereocenters. The molecule has 0 aromatic carbocycles. The second-order valence-electron chi connectivity index (χ2n) is 6.29. The Bertz CT molecular complexity index is 606. The lowest BCUT2D eigenvalue weighted by Gasteiger charge is -2.19. The van der Waals surface area contributed by atoms with Crippen LogP contribution in [0.1, 0.15) is 44.8 Å². The summed E-state index contributed by atoms with van der Waals surface area (Å²) in [6.07, 6.45) is 2.82. The Kier molecular flexibility index (Phi) is 4.74. The molecule has 5 nitrogen and oxygen atoms in total. The summed E-state index contributed by atoms with van der Waals surface area (Å²) in [5.74, 6) is 0. The third kappa shape index (κ3) is 4.08. The topological polar surface area (TPSA) is 47.7 Å². The predicted octanol–water partition coefficient (Wildman–Crippen LogP) is 2.77. The molecule has 21 heavy (non-hydrogen) atoms. The van der Waals surface area contributed by atoms with Crippen molar-refractivity contribution in [1.29, 1.82) is 0 Å². The molecule has 1 N–H and O–H groups in total. The van der Waals surface area contributed by atoms with E-state index in [0.29, 0.717) is 6.54 Å². The lowest BCUT2D eigenvalue weighted by Crippen LogP contribution is -2.35. The molecule has 0 bridgehead atoms. The van der Waals surface area contributed by atoms with E-state index < -0.39 is 0 Å². The Hall–Kier alpha value is -1.33. The molecular weight excluding hydrogens is 286 g/mol. The summed E-state index contributed by atoms with van der Waals surface area (Å²) in [7, 11) is 1.92. The highest BCUT2D eigenvalue weighted by Crippen LogP contribution is 2.21. The predicted molar refractivity (Wildman–Crippen MR) is 85.5 cm³/mol. The smallest absolute Gasteiger partial charge is 0.0869 e. The Morgan fingerprint density at radius 2 is 2.00 bits per heavy atom. The van der Waals surface area contributed by atoms with Gasteiger partial charge in [-0.15, -0.1) is 0 Å². The quantitative estimate of drug-likeness (QED) is 0.924. The molecule has 2 heterocycles. The summed E-state index contributed by atoms with van der Waals surface area (Å²) in [5, 5.41) is 13.2. The van der Waals surface area contributed by atoms with Crippen LogP contribution in [0.4, 0.5) is 0 Å². The van der Waals surface area contributed by atoms with Crippen molar-refractivity contribution in [3.8, 4) is 0 Å². The molecule has 0 atom stereocenters. The minimum absolute atomic E-state index is 0.0884. The molecule has 0 aliphatic carbocycles. The maximum atomic E-state index is 6.37. The van der Waals surface area contributed by atoms with Gasteiger partial charge in [0, 0.05) is 25.3 Å². The minimum Gasteiger partial charge on any atom is -0.306 e. The zero-order chi connectivity index (χ0) is 15.6. The van der Waals surface area contributed by atoms with Crippen molar-refractivity contribution in [1.82, 2.24) is 24.9 Å². The number of nitrogens with zero attached hydrogens (tertiary/aromatic N) is 4.